The Balaban J connectivity index is 1.92. The second-order valence-corrected chi connectivity index (χ2v) is 7.30. The minimum absolute atomic E-state index is 0.845. The zero-order chi connectivity index (χ0) is 19.9. The molecule has 0 aliphatic rings. The topological polar surface area (TPSA) is 18.5 Å². The van der Waals surface area contributed by atoms with Crippen LogP contribution in [0.3, 0.4) is 0 Å². The van der Waals surface area contributed by atoms with Crippen molar-refractivity contribution in [1.82, 2.24) is 0 Å². The lowest BCUT2D eigenvalue weighted by atomic mass is 10.1. The second-order valence-electron chi connectivity index (χ2n) is 7.30. The molecule has 0 fully saturated rings. The van der Waals surface area contributed by atoms with Crippen LogP contribution in [0.4, 0.5) is 0 Å². The molecule has 0 heterocycles. The highest BCUT2D eigenvalue weighted by Crippen LogP contribution is 2.36. The van der Waals surface area contributed by atoms with Crippen molar-refractivity contribution in [2.75, 3.05) is 0 Å². The molecule has 0 aromatic heterocycles. The van der Waals surface area contributed by atoms with E-state index in [2.05, 4.69) is 58.0 Å². The third kappa shape index (κ3) is 4.75. The van der Waals surface area contributed by atoms with Gasteiger partial charge in [-0.3, -0.25) is 0 Å². The summed E-state index contributed by atoms with van der Waals surface area (Å²) in [5.74, 6) is 3.54. The maximum atomic E-state index is 6.32. The summed E-state index contributed by atoms with van der Waals surface area (Å²) in [6.07, 6.45) is 4.20. The third-order valence-corrected chi connectivity index (χ3v) is 4.90. The molecule has 0 unspecified atom stereocenters. The predicted octanol–water partition coefficient (Wildman–Crippen LogP) is 7.79. The molecule has 0 saturated carbocycles. The van der Waals surface area contributed by atoms with Crippen LogP contribution >= 0.6 is 0 Å². The lowest BCUT2D eigenvalue weighted by Gasteiger charge is -2.17. The van der Waals surface area contributed by atoms with Gasteiger partial charge in [0.1, 0.15) is 23.0 Å². The van der Waals surface area contributed by atoms with Gasteiger partial charge in [0.25, 0.3) is 0 Å². The summed E-state index contributed by atoms with van der Waals surface area (Å²) in [4.78, 5) is 0. The largest absolute Gasteiger partial charge is 0.457 e. The molecule has 0 saturated heterocycles. The van der Waals surface area contributed by atoms with Gasteiger partial charge in [0.2, 0.25) is 0 Å². The van der Waals surface area contributed by atoms with Crippen LogP contribution in [0.15, 0.2) is 60.7 Å². The number of hydrogen-bond donors (Lipinski definition) is 0. The van der Waals surface area contributed by atoms with E-state index in [1.165, 1.54) is 11.1 Å². The van der Waals surface area contributed by atoms with Gasteiger partial charge in [-0.25, -0.2) is 0 Å². The van der Waals surface area contributed by atoms with E-state index in [4.69, 9.17) is 9.47 Å². The molecule has 0 bridgehead atoms. The molecule has 0 atom stereocenters. The van der Waals surface area contributed by atoms with Crippen LogP contribution in [0.1, 0.15) is 48.9 Å². The summed E-state index contributed by atoms with van der Waals surface area (Å²) in [6, 6.07) is 20.7. The lowest BCUT2D eigenvalue weighted by Crippen LogP contribution is -1.97. The summed E-state index contributed by atoms with van der Waals surface area (Å²) < 4.78 is 12.6. The first-order valence-electron chi connectivity index (χ1n) is 10.2. The van der Waals surface area contributed by atoms with E-state index >= 15 is 0 Å². The van der Waals surface area contributed by atoms with Gasteiger partial charge in [0.15, 0.2) is 0 Å². The first kappa shape index (κ1) is 20.0. The average molecular weight is 375 g/mol. The van der Waals surface area contributed by atoms with Gasteiger partial charge in [0.05, 0.1) is 0 Å². The Morgan fingerprint density at radius 3 is 1.43 bits per heavy atom. The Kier molecular flexibility index (Phi) is 6.76. The van der Waals surface area contributed by atoms with E-state index in [0.717, 1.165) is 59.8 Å². The molecule has 0 aliphatic carbocycles. The Morgan fingerprint density at radius 1 is 0.571 bits per heavy atom. The molecular formula is C26H30O2. The Hall–Kier alpha value is -2.74. The Bertz CT molecular complexity index is 855. The molecule has 0 spiro atoms. The van der Waals surface area contributed by atoms with Gasteiger partial charge < -0.3 is 9.47 Å². The molecule has 2 heteroatoms. The van der Waals surface area contributed by atoms with E-state index in [0.29, 0.717) is 0 Å². The zero-order valence-electron chi connectivity index (χ0n) is 17.4. The van der Waals surface area contributed by atoms with Crippen LogP contribution in [-0.4, -0.2) is 0 Å². The highest BCUT2D eigenvalue weighted by Gasteiger charge is 2.12. The molecule has 146 valence electrons. The number of aryl methyl sites for hydroxylation is 4. The van der Waals surface area contributed by atoms with Crippen LogP contribution < -0.4 is 9.47 Å². The van der Waals surface area contributed by atoms with Gasteiger partial charge in [0, 0.05) is 6.07 Å². The van der Waals surface area contributed by atoms with Gasteiger partial charge in [-0.2, -0.15) is 0 Å². The Labute approximate surface area is 169 Å². The number of ether oxygens (including phenoxy) is 2. The fourth-order valence-corrected chi connectivity index (χ4v) is 3.43. The maximum Gasteiger partial charge on any atom is 0.134 e. The molecular weight excluding hydrogens is 344 g/mol. The van der Waals surface area contributed by atoms with Crippen LogP contribution in [0.2, 0.25) is 0 Å². The first-order chi connectivity index (χ1) is 13.6. The molecule has 3 aromatic rings. The van der Waals surface area contributed by atoms with E-state index in [1.54, 1.807) is 0 Å². The standard InChI is InChI=1S/C26H30O2/c1-5-11-21-13-7-9-15-23(21)27-25-18-26(20(4)17-19(25)3)28-24-16-10-8-14-22(24)12-6-2/h7-10,13-18H,5-6,11-12H2,1-4H3. The van der Waals surface area contributed by atoms with Crippen LogP contribution in [0.5, 0.6) is 23.0 Å². The fourth-order valence-electron chi connectivity index (χ4n) is 3.43. The summed E-state index contributed by atoms with van der Waals surface area (Å²) >= 11 is 0. The molecule has 0 radical (unpaired) electrons. The molecule has 3 aromatic carbocycles. The molecule has 0 amide bonds. The average Bonchev–Trinajstić information content (AvgIpc) is 2.69. The Morgan fingerprint density at radius 2 is 1.00 bits per heavy atom. The van der Waals surface area contributed by atoms with Crippen LogP contribution in [0, 0.1) is 13.8 Å². The van der Waals surface area contributed by atoms with Gasteiger partial charge in [-0.1, -0.05) is 63.1 Å². The van der Waals surface area contributed by atoms with E-state index < -0.39 is 0 Å². The van der Waals surface area contributed by atoms with Crippen molar-refractivity contribution in [3.8, 4) is 23.0 Å². The van der Waals surface area contributed by atoms with E-state index in [1.807, 2.05) is 30.3 Å². The highest BCUT2D eigenvalue weighted by atomic mass is 16.5. The monoisotopic (exact) mass is 374 g/mol. The predicted molar refractivity (Wildman–Crippen MR) is 117 cm³/mol. The normalized spacial score (nSPS) is 10.7. The third-order valence-electron chi connectivity index (χ3n) is 4.90. The number of hydrogen-bond acceptors (Lipinski definition) is 2. The first-order valence-corrected chi connectivity index (χ1v) is 10.2. The second kappa shape index (κ2) is 9.45. The van der Waals surface area contributed by atoms with Crippen LogP contribution in [0.25, 0.3) is 0 Å². The van der Waals surface area contributed by atoms with Gasteiger partial charge in [-0.15, -0.1) is 0 Å². The van der Waals surface area contributed by atoms with Crippen molar-refractivity contribution in [1.29, 1.82) is 0 Å². The van der Waals surface area contributed by atoms with Crippen molar-refractivity contribution < 1.29 is 9.47 Å². The van der Waals surface area contributed by atoms with Gasteiger partial charge >= 0.3 is 0 Å². The highest BCUT2D eigenvalue weighted by molar-refractivity contribution is 5.50. The lowest BCUT2D eigenvalue weighted by molar-refractivity contribution is 0.449. The summed E-state index contributed by atoms with van der Waals surface area (Å²) in [6.45, 7) is 8.54. The molecule has 28 heavy (non-hydrogen) atoms. The molecule has 2 nitrogen and oxygen atoms in total. The number of para-hydroxylation sites is 2. The molecule has 3 rings (SSSR count). The van der Waals surface area contributed by atoms with E-state index in [-0.39, 0.29) is 0 Å². The SMILES string of the molecule is CCCc1ccccc1Oc1cc(Oc2ccccc2CCC)c(C)cc1C. The van der Waals surface area contributed by atoms with E-state index in [9.17, 15) is 0 Å². The summed E-state index contributed by atoms with van der Waals surface area (Å²) in [7, 11) is 0. The van der Waals surface area contributed by atoms with Crippen LogP contribution in [-0.2, 0) is 12.8 Å². The number of rotatable bonds is 8. The smallest absolute Gasteiger partial charge is 0.134 e. The van der Waals surface area contributed by atoms with Crippen molar-refractivity contribution in [2.24, 2.45) is 0 Å². The zero-order valence-corrected chi connectivity index (χ0v) is 17.4. The minimum Gasteiger partial charge on any atom is -0.457 e. The minimum atomic E-state index is 0.845. The fraction of sp³-hybridized carbons (Fsp3) is 0.308. The molecule has 0 aliphatic heterocycles. The van der Waals surface area contributed by atoms with Crippen molar-refractivity contribution in [3.63, 3.8) is 0 Å². The number of benzene rings is 3. The maximum absolute atomic E-state index is 6.32. The molecule has 0 N–H and O–H groups in total. The van der Waals surface area contributed by atoms with Crippen molar-refractivity contribution >= 4 is 0 Å². The summed E-state index contributed by atoms with van der Waals surface area (Å²) in [5.41, 5.74) is 4.69. The van der Waals surface area contributed by atoms with Crippen molar-refractivity contribution in [2.45, 2.75) is 53.4 Å². The quantitative estimate of drug-likeness (QED) is 0.400. The van der Waals surface area contributed by atoms with Crippen molar-refractivity contribution in [3.05, 3.63) is 82.9 Å². The van der Waals surface area contributed by atoms with Gasteiger partial charge in [-0.05, 0) is 67.1 Å². The summed E-state index contributed by atoms with van der Waals surface area (Å²) in [5, 5.41) is 0.